The van der Waals surface area contributed by atoms with Crippen LogP contribution in [0.15, 0.2) is 0 Å². The number of hydrogen-bond donors (Lipinski definition) is 0. The molecule has 0 aliphatic carbocycles. The molecule has 126 valence electrons. The fourth-order valence-electron chi connectivity index (χ4n) is 1.52. The normalized spacial score (nSPS) is 12.3. The number of ether oxygens (including phenoxy) is 1. The molecule has 0 aromatic carbocycles. The Morgan fingerprint density at radius 2 is 1.14 bits per heavy atom. The zero-order chi connectivity index (χ0) is 17.3. The summed E-state index contributed by atoms with van der Waals surface area (Å²) >= 11 is 0. The average molecular weight is 310 g/mol. The van der Waals surface area contributed by atoms with Crippen LogP contribution in [0, 0.1) is 0 Å². The minimum atomic E-state index is -0.511. The topological polar surface area (TPSA) is 57.6 Å². The Hall–Kier alpha value is -1.63. The summed E-state index contributed by atoms with van der Waals surface area (Å²) in [7, 11) is 9.41. The van der Waals surface area contributed by atoms with E-state index in [1.165, 1.54) is 0 Å². The summed E-state index contributed by atoms with van der Waals surface area (Å²) in [4.78, 5) is 19.5. The molecule has 0 fully saturated rings. The molecular weight excluding hydrogens is 280 g/mol. The van der Waals surface area contributed by atoms with Crippen LogP contribution in [0.25, 0.3) is 0 Å². The molecular formula is C15H30N6O. The summed E-state index contributed by atoms with van der Waals surface area (Å²) in [6, 6.07) is 0. The Kier molecular flexibility index (Phi) is 5.22. The van der Waals surface area contributed by atoms with E-state index in [-0.39, 0.29) is 5.54 Å². The summed E-state index contributed by atoms with van der Waals surface area (Å²) in [6.07, 6.45) is 0. The first-order chi connectivity index (χ1) is 9.90. The molecule has 0 amide bonds. The number of methoxy groups -OCH3 is 1. The SMILES string of the molecule is COC(C)(C)N(C)c1nc(N(C)C)nc(N(C)C(C)(C)C)n1. The Morgan fingerprint density at radius 1 is 0.727 bits per heavy atom. The van der Waals surface area contributed by atoms with Crippen molar-refractivity contribution in [1.29, 1.82) is 0 Å². The molecule has 0 bridgehead atoms. The van der Waals surface area contributed by atoms with Crippen LogP contribution >= 0.6 is 0 Å². The molecule has 22 heavy (non-hydrogen) atoms. The average Bonchev–Trinajstić information content (AvgIpc) is 2.43. The van der Waals surface area contributed by atoms with Gasteiger partial charge in [0.05, 0.1) is 0 Å². The molecule has 0 atom stereocenters. The first kappa shape index (κ1) is 18.4. The van der Waals surface area contributed by atoms with Gasteiger partial charge in [0.25, 0.3) is 0 Å². The highest BCUT2D eigenvalue weighted by Crippen LogP contribution is 2.25. The van der Waals surface area contributed by atoms with Gasteiger partial charge in [-0.15, -0.1) is 0 Å². The number of anilines is 3. The van der Waals surface area contributed by atoms with Gasteiger partial charge in [0.1, 0.15) is 5.72 Å². The van der Waals surface area contributed by atoms with E-state index in [0.29, 0.717) is 17.8 Å². The van der Waals surface area contributed by atoms with Crippen LogP contribution in [0.1, 0.15) is 34.6 Å². The van der Waals surface area contributed by atoms with Crippen LogP contribution in [-0.4, -0.2) is 61.5 Å². The summed E-state index contributed by atoms with van der Waals surface area (Å²) in [5, 5.41) is 0. The molecule has 0 radical (unpaired) electrons. The highest BCUT2D eigenvalue weighted by atomic mass is 16.5. The zero-order valence-corrected chi connectivity index (χ0v) is 15.6. The van der Waals surface area contributed by atoms with Crippen molar-refractivity contribution in [1.82, 2.24) is 15.0 Å². The summed E-state index contributed by atoms with van der Waals surface area (Å²) < 4.78 is 5.52. The highest BCUT2D eigenvalue weighted by molar-refractivity contribution is 5.47. The maximum absolute atomic E-state index is 5.52. The van der Waals surface area contributed by atoms with E-state index >= 15 is 0 Å². The fraction of sp³-hybridized carbons (Fsp3) is 0.800. The van der Waals surface area contributed by atoms with Crippen molar-refractivity contribution in [3.05, 3.63) is 0 Å². The first-order valence-electron chi connectivity index (χ1n) is 7.36. The predicted molar refractivity (Wildman–Crippen MR) is 91.8 cm³/mol. The molecule has 1 heterocycles. The lowest BCUT2D eigenvalue weighted by molar-refractivity contribution is 0.0228. The van der Waals surface area contributed by atoms with E-state index in [1.54, 1.807) is 7.11 Å². The van der Waals surface area contributed by atoms with E-state index in [0.717, 1.165) is 0 Å². The van der Waals surface area contributed by atoms with Gasteiger partial charge in [-0.25, -0.2) is 0 Å². The van der Waals surface area contributed by atoms with Gasteiger partial charge in [0, 0.05) is 40.8 Å². The third-order valence-corrected chi connectivity index (χ3v) is 3.91. The van der Waals surface area contributed by atoms with Crippen LogP contribution in [-0.2, 0) is 4.74 Å². The van der Waals surface area contributed by atoms with Crippen LogP contribution in [0.5, 0.6) is 0 Å². The van der Waals surface area contributed by atoms with Crippen molar-refractivity contribution in [2.75, 3.05) is 50.0 Å². The van der Waals surface area contributed by atoms with Gasteiger partial charge in [-0.2, -0.15) is 15.0 Å². The predicted octanol–water partition coefficient (Wildman–Crippen LogP) is 1.99. The van der Waals surface area contributed by atoms with Crippen molar-refractivity contribution in [2.45, 2.75) is 45.9 Å². The van der Waals surface area contributed by atoms with Crippen molar-refractivity contribution >= 4 is 17.8 Å². The van der Waals surface area contributed by atoms with Gasteiger partial charge < -0.3 is 19.4 Å². The molecule has 1 aromatic rings. The van der Waals surface area contributed by atoms with Gasteiger partial charge >= 0.3 is 0 Å². The van der Waals surface area contributed by atoms with Crippen molar-refractivity contribution in [3.63, 3.8) is 0 Å². The maximum Gasteiger partial charge on any atom is 0.233 e. The van der Waals surface area contributed by atoms with E-state index in [9.17, 15) is 0 Å². The lowest BCUT2D eigenvalue weighted by Crippen LogP contribution is -2.45. The molecule has 7 nitrogen and oxygen atoms in total. The molecule has 0 N–H and O–H groups in total. The summed E-state index contributed by atoms with van der Waals surface area (Å²) in [6.45, 7) is 10.3. The van der Waals surface area contributed by atoms with E-state index in [1.807, 2.05) is 56.7 Å². The van der Waals surface area contributed by atoms with Gasteiger partial charge in [0.2, 0.25) is 17.8 Å². The van der Waals surface area contributed by atoms with Crippen molar-refractivity contribution in [2.24, 2.45) is 0 Å². The minimum absolute atomic E-state index is 0.0858. The number of rotatable bonds is 5. The van der Waals surface area contributed by atoms with Crippen LogP contribution in [0.2, 0.25) is 0 Å². The monoisotopic (exact) mass is 310 g/mol. The third kappa shape index (κ3) is 3.97. The lowest BCUT2D eigenvalue weighted by Gasteiger charge is -2.36. The highest BCUT2D eigenvalue weighted by Gasteiger charge is 2.28. The summed E-state index contributed by atoms with van der Waals surface area (Å²) in [5.74, 6) is 1.84. The Balaban J connectivity index is 3.38. The third-order valence-electron chi connectivity index (χ3n) is 3.91. The van der Waals surface area contributed by atoms with Crippen molar-refractivity contribution in [3.8, 4) is 0 Å². The second-order valence-electron chi connectivity index (χ2n) is 7.07. The molecule has 0 unspecified atom stereocenters. The largest absolute Gasteiger partial charge is 0.359 e. The van der Waals surface area contributed by atoms with E-state index < -0.39 is 5.72 Å². The molecule has 0 spiro atoms. The van der Waals surface area contributed by atoms with E-state index in [2.05, 4.69) is 35.7 Å². The fourth-order valence-corrected chi connectivity index (χ4v) is 1.52. The van der Waals surface area contributed by atoms with Crippen LogP contribution in [0.4, 0.5) is 17.8 Å². The van der Waals surface area contributed by atoms with Gasteiger partial charge in [-0.1, -0.05) is 0 Å². The Labute approximate surface area is 134 Å². The molecule has 0 saturated heterocycles. The molecule has 7 heteroatoms. The molecule has 0 aliphatic rings. The molecule has 0 aliphatic heterocycles. The number of hydrogen-bond acceptors (Lipinski definition) is 7. The maximum atomic E-state index is 5.52. The summed E-state index contributed by atoms with van der Waals surface area (Å²) in [5.41, 5.74) is -0.597. The quantitative estimate of drug-likeness (QED) is 0.771. The smallest absolute Gasteiger partial charge is 0.233 e. The lowest BCUT2D eigenvalue weighted by atomic mass is 10.1. The second-order valence-corrected chi connectivity index (χ2v) is 7.07. The van der Waals surface area contributed by atoms with Crippen LogP contribution in [0.3, 0.4) is 0 Å². The van der Waals surface area contributed by atoms with Crippen LogP contribution < -0.4 is 14.7 Å². The van der Waals surface area contributed by atoms with Gasteiger partial charge in [-0.05, 0) is 34.6 Å². The molecule has 1 rings (SSSR count). The number of aromatic nitrogens is 3. The number of nitrogens with zero attached hydrogens (tertiary/aromatic N) is 6. The molecule has 1 aromatic heterocycles. The molecule has 0 saturated carbocycles. The standard InChI is InChI=1S/C15H30N6O/c1-14(2,3)20(8)12-16-11(19(6)7)17-13(18-12)21(9)15(4,5)22-10/h1-10H3. The Morgan fingerprint density at radius 3 is 1.50 bits per heavy atom. The first-order valence-corrected chi connectivity index (χ1v) is 7.36. The zero-order valence-electron chi connectivity index (χ0n) is 15.6. The van der Waals surface area contributed by atoms with Crippen molar-refractivity contribution < 1.29 is 4.74 Å². The minimum Gasteiger partial charge on any atom is -0.359 e. The second kappa shape index (κ2) is 6.24. The van der Waals surface area contributed by atoms with Gasteiger partial charge in [0.15, 0.2) is 0 Å². The Bertz CT molecular complexity index is 509. The van der Waals surface area contributed by atoms with Gasteiger partial charge in [-0.3, -0.25) is 0 Å². The van der Waals surface area contributed by atoms with E-state index in [4.69, 9.17) is 4.74 Å².